The number of nitrogens with zero attached hydrogens (tertiary/aromatic N) is 2. The maximum atomic E-state index is 5.90. The molecule has 2 N–H and O–H groups in total. The van der Waals surface area contributed by atoms with Crippen molar-refractivity contribution < 1.29 is 0 Å². The Morgan fingerprint density at radius 3 is 3.07 bits per heavy atom. The lowest BCUT2D eigenvalue weighted by molar-refractivity contribution is 0.505. The quantitative estimate of drug-likeness (QED) is 0.792. The van der Waals surface area contributed by atoms with Gasteiger partial charge in [-0.25, -0.2) is 4.98 Å². The van der Waals surface area contributed by atoms with Crippen molar-refractivity contribution in [2.75, 3.05) is 0 Å². The molecule has 1 aromatic heterocycles. The smallest absolute Gasteiger partial charge is 0.108 e. The fraction of sp³-hybridized carbons (Fsp3) is 0.727. The Labute approximate surface area is 85.3 Å². The molecule has 78 valence electrons. The summed E-state index contributed by atoms with van der Waals surface area (Å²) >= 11 is 0. The highest BCUT2D eigenvalue weighted by atomic mass is 15.0. The van der Waals surface area contributed by atoms with Crippen LogP contribution in [0.15, 0.2) is 12.4 Å². The van der Waals surface area contributed by atoms with Crippen LogP contribution in [-0.4, -0.2) is 15.6 Å². The molecule has 0 bridgehead atoms. The predicted octanol–water partition coefficient (Wildman–Crippen LogP) is 1.57. The number of hydrogen-bond acceptors (Lipinski definition) is 2. The minimum atomic E-state index is 0.435. The molecule has 3 heteroatoms. The maximum Gasteiger partial charge on any atom is 0.108 e. The van der Waals surface area contributed by atoms with Gasteiger partial charge in [-0.3, -0.25) is 0 Å². The van der Waals surface area contributed by atoms with Gasteiger partial charge in [-0.05, 0) is 32.1 Å². The molecule has 0 amide bonds. The van der Waals surface area contributed by atoms with Gasteiger partial charge in [-0.2, -0.15) is 0 Å². The first-order valence-corrected chi connectivity index (χ1v) is 5.55. The Morgan fingerprint density at radius 1 is 1.57 bits per heavy atom. The summed E-state index contributed by atoms with van der Waals surface area (Å²) in [7, 11) is 0. The molecule has 2 atom stereocenters. The van der Waals surface area contributed by atoms with E-state index in [1.54, 1.807) is 0 Å². The van der Waals surface area contributed by atoms with E-state index in [-0.39, 0.29) is 0 Å². The molecule has 0 aliphatic heterocycles. The average Bonchev–Trinajstić information content (AvgIpc) is 2.76. The summed E-state index contributed by atoms with van der Waals surface area (Å²) in [6, 6.07) is 0.435. The molecule has 1 aliphatic rings. The van der Waals surface area contributed by atoms with Crippen molar-refractivity contribution in [2.24, 2.45) is 11.7 Å². The third-order valence-corrected chi connectivity index (χ3v) is 3.20. The van der Waals surface area contributed by atoms with Crippen LogP contribution in [0.2, 0.25) is 0 Å². The Balaban J connectivity index is 1.97. The van der Waals surface area contributed by atoms with Crippen LogP contribution in [0, 0.1) is 5.92 Å². The van der Waals surface area contributed by atoms with Crippen LogP contribution in [0.5, 0.6) is 0 Å². The van der Waals surface area contributed by atoms with Crippen LogP contribution in [-0.2, 0) is 13.0 Å². The Bertz CT molecular complexity index is 292. The minimum absolute atomic E-state index is 0.435. The molecule has 0 aromatic carbocycles. The van der Waals surface area contributed by atoms with E-state index in [1.165, 1.54) is 25.1 Å². The first kappa shape index (κ1) is 9.71. The summed E-state index contributed by atoms with van der Waals surface area (Å²) in [4.78, 5) is 4.40. The summed E-state index contributed by atoms with van der Waals surface area (Å²) in [5.41, 5.74) is 5.90. The van der Waals surface area contributed by atoms with Crippen LogP contribution >= 0.6 is 0 Å². The lowest BCUT2D eigenvalue weighted by Gasteiger charge is -2.10. The van der Waals surface area contributed by atoms with Gasteiger partial charge in [0, 0.05) is 31.4 Å². The summed E-state index contributed by atoms with van der Waals surface area (Å²) in [5, 5.41) is 0. The second kappa shape index (κ2) is 4.13. The zero-order chi connectivity index (χ0) is 9.97. The highest BCUT2D eigenvalue weighted by Crippen LogP contribution is 2.26. The van der Waals surface area contributed by atoms with Gasteiger partial charge in [0.1, 0.15) is 5.82 Å². The predicted molar refractivity (Wildman–Crippen MR) is 56.9 cm³/mol. The maximum absolute atomic E-state index is 5.90. The Kier molecular flexibility index (Phi) is 2.87. The zero-order valence-corrected chi connectivity index (χ0v) is 8.82. The summed E-state index contributed by atoms with van der Waals surface area (Å²) in [6.07, 6.45) is 8.71. The summed E-state index contributed by atoms with van der Waals surface area (Å²) in [6.45, 7) is 3.18. The molecule has 2 rings (SSSR count). The van der Waals surface area contributed by atoms with E-state index >= 15 is 0 Å². The van der Waals surface area contributed by atoms with Gasteiger partial charge in [-0.15, -0.1) is 0 Å². The normalized spacial score (nSPS) is 27.0. The Hall–Kier alpha value is -0.830. The van der Waals surface area contributed by atoms with E-state index in [0.717, 1.165) is 18.9 Å². The van der Waals surface area contributed by atoms with E-state index in [1.807, 2.05) is 6.20 Å². The van der Waals surface area contributed by atoms with E-state index in [0.29, 0.717) is 6.04 Å². The van der Waals surface area contributed by atoms with Gasteiger partial charge in [-0.1, -0.05) is 0 Å². The van der Waals surface area contributed by atoms with Crippen LogP contribution in [0.4, 0.5) is 0 Å². The molecule has 2 unspecified atom stereocenters. The molecular formula is C11H19N3. The lowest BCUT2D eigenvalue weighted by Crippen LogP contribution is -2.15. The fourth-order valence-electron chi connectivity index (χ4n) is 2.38. The molecule has 1 heterocycles. The summed E-state index contributed by atoms with van der Waals surface area (Å²) < 4.78 is 2.23. The van der Waals surface area contributed by atoms with E-state index in [2.05, 4.69) is 22.7 Å². The van der Waals surface area contributed by atoms with Crippen LogP contribution in [0.3, 0.4) is 0 Å². The van der Waals surface area contributed by atoms with Gasteiger partial charge < -0.3 is 10.3 Å². The molecule has 3 nitrogen and oxygen atoms in total. The lowest BCUT2D eigenvalue weighted by atomic mass is 10.0. The van der Waals surface area contributed by atoms with Crippen molar-refractivity contribution in [2.45, 2.75) is 45.2 Å². The second-order valence-electron chi connectivity index (χ2n) is 4.27. The molecule has 1 aromatic rings. The van der Waals surface area contributed by atoms with Gasteiger partial charge in [0.25, 0.3) is 0 Å². The minimum Gasteiger partial charge on any atom is -0.335 e. The number of hydrogen-bond donors (Lipinski definition) is 1. The average molecular weight is 193 g/mol. The fourth-order valence-corrected chi connectivity index (χ4v) is 2.38. The van der Waals surface area contributed by atoms with Gasteiger partial charge in [0.05, 0.1) is 0 Å². The third kappa shape index (κ3) is 1.98. The highest BCUT2D eigenvalue weighted by Gasteiger charge is 2.22. The first-order chi connectivity index (χ1) is 6.79. The van der Waals surface area contributed by atoms with E-state index in [9.17, 15) is 0 Å². The third-order valence-electron chi connectivity index (χ3n) is 3.20. The molecule has 1 aliphatic carbocycles. The molecule has 0 saturated heterocycles. The Morgan fingerprint density at radius 2 is 2.43 bits per heavy atom. The van der Waals surface area contributed by atoms with Crippen molar-refractivity contribution in [1.82, 2.24) is 9.55 Å². The van der Waals surface area contributed by atoms with Crippen LogP contribution in [0.1, 0.15) is 32.0 Å². The van der Waals surface area contributed by atoms with Crippen molar-refractivity contribution in [3.8, 4) is 0 Å². The zero-order valence-electron chi connectivity index (χ0n) is 8.82. The molecule has 1 saturated carbocycles. The van der Waals surface area contributed by atoms with Crippen molar-refractivity contribution in [3.63, 3.8) is 0 Å². The van der Waals surface area contributed by atoms with Gasteiger partial charge in [0.2, 0.25) is 0 Å². The second-order valence-corrected chi connectivity index (χ2v) is 4.27. The molecule has 0 spiro atoms. The van der Waals surface area contributed by atoms with Crippen molar-refractivity contribution in [3.05, 3.63) is 18.2 Å². The standard InChI is InChI=1S/C11H19N3/c1-2-14-6-5-13-11(14)8-9-3-4-10(12)7-9/h5-6,9-10H,2-4,7-8,12H2,1H3. The summed E-state index contributed by atoms with van der Waals surface area (Å²) in [5.74, 6) is 1.99. The molecule has 14 heavy (non-hydrogen) atoms. The van der Waals surface area contributed by atoms with Gasteiger partial charge in [0.15, 0.2) is 0 Å². The van der Waals surface area contributed by atoms with Crippen LogP contribution < -0.4 is 5.73 Å². The number of aromatic nitrogens is 2. The number of aryl methyl sites for hydroxylation is 1. The van der Waals surface area contributed by atoms with E-state index < -0.39 is 0 Å². The van der Waals surface area contributed by atoms with E-state index in [4.69, 9.17) is 5.73 Å². The molecular weight excluding hydrogens is 174 g/mol. The largest absolute Gasteiger partial charge is 0.335 e. The number of nitrogens with two attached hydrogens (primary N) is 1. The first-order valence-electron chi connectivity index (χ1n) is 5.55. The molecule has 1 fully saturated rings. The van der Waals surface area contributed by atoms with Crippen molar-refractivity contribution >= 4 is 0 Å². The van der Waals surface area contributed by atoms with Gasteiger partial charge >= 0.3 is 0 Å². The van der Waals surface area contributed by atoms with Crippen molar-refractivity contribution in [1.29, 1.82) is 0 Å². The molecule has 0 radical (unpaired) electrons. The monoisotopic (exact) mass is 193 g/mol. The SMILES string of the molecule is CCn1ccnc1CC1CCC(N)C1. The highest BCUT2D eigenvalue weighted by molar-refractivity contribution is 4.95. The van der Waals surface area contributed by atoms with Crippen LogP contribution in [0.25, 0.3) is 0 Å². The topological polar surface area (TPSA) is 43.8 Å². The number of rotatable bonds is 3. The number of imidazole rings is 1.